The fourth-order valence-corrected chi connectivity index (χ4v) is 2.94. The van der Waals surface area contributed by atoms with E-state index >= 15 is 0 Å². The van der Waals surface area contributed by atoms with E-state index in [9.17, 15) is 0 Å². The molecule has 1 saturated heterocycles. The molecular formula is C13H18O3S. The fraction of sp³-hybridized carbons (Fsp3) is 0.538. The molecule has 1 aliphatic rings. The Morgan fingerprint density at radius 3 is 2.71 bits per heavy atom. The first-order valence-electron chi connectivity index (χ1n) is 5.85. The smallest absolute Gasteiger partial charge is 0.161 e. The highest BCUT2D eigenvalue weighted by Gasteiger charge is 2.17. The average molecular weight is 254 g/mol. The zero-order valence-corrected chi connectivity index (χ0v) is 10.8. The lowest BCUT2D eigenvalue weighted by Crippen LogP contribution is -2.22. The van der Waals surface area contributed by atoms with Crippen molar-refractivity contribution in [3.8, 4) is 11.5 Å². The summed E-state index contributed by atoms with van der Waals surface area (Å²) in [6.07, 6.45) is 2.48. The number of benzene rings is 1. The van der Waals surface area contributed by atoms with E-state index in [-0.39, 0.29) is 6.61 Å². The number of methoxy groups -OCH3 is 1. The Morgan fingerprint density at radius 2 is 2.06 bits per heavy atom. The molecule has 0 amide bonds. The second kappa shape index (κ2) is 6.17. The van der Waals surface area contributed by atoms with E-state index in [0.29, 0.717) is 11.9 Å². The predicted octanol–water partition coefficient (Wildman–Crippen LogP) is 2.46. The van der Waals surface area contributed by atoms with Crippen LogP contribution in [0.3, 0.4) is 0 Å². The maximum Gasteiger partial charge on any atom is 0.161 e. The Kier molecular flexibility index (Phi) is 4.57. The molecule has 1 N–H and O–H groups in total. The summed E-state index contributed by atoms with van der Waals surface area (Å²) in [5.41, 5.74) is 0.841. The Balaban J connectivity index is 2.08. The minimum Gasteiger partial charge on any atom is -0.493 e. The number of thioether (sulfide) groups is 1. The van der Waals surface area contributed by atoms with Crippen LogP contribution in [0.5, 0.6) is 11.5 Å². The fourth-order valence-electron chi connectivity index (χ4n) is 1.88. The van der Waals surface area contributed by atoms with Crippen LogP contribution >= 0.6 is 11.8 Å². The molecule has 0 atom stereocenters. The Morgan fingerprint density at radius 1 is 1.29 bits per heavy atom. The minimum atomic E-state index is 0.0245. The molecule has 17 heavy (non-hydrogen) atoms. The summed E-state index contributed by atoms with van der Waals surface area (Å²) in [5.74, 6) is 3.82. The molecule has 1 fully saturated rings. The van der Waals surface area contributed by atoms with Gasteiger partial charge >= 0.3 is 0 Å². The molecule has 1 aromatic carbocycles. The average Bonchev–Trinajstić information content (AvgIpc) is 2.40. The molecule has 0 bridgehead atoms. The van der Waals surface area contributed by atoms with Crippen molar-refractivity contribution in [1.82, 2.24) is 0 Å². The van der Waals surface area contributed by atoms with E-state index in [1.54, 1.807) is 7.11 Å². The van der Waals surface area contributed by atoms with Crippen LogP contribution in [-0.4, -0.2) is 29.8 Å². The maximum absolute atomic E-state index is 9.07. The van der Waals surface area contributed by atoms with Gasteiger partial charge < -0.3 is 14.6 Å². The topological polar surface area (TPSA) is 38.7 Å². The lowest BCUT2D eigenvalue weighted by atomic mass is 10.2. The summed E-state index contributed by atoms with van der Waals surface area (Å²) in [4.78, 5) is 0. The van der Waals surface area contributed by atoms with Gasteiger partial charge in [-0.1, -0.05) is 6.07 Å². The third-order valence-electron chi connectivity index (χ3n) is 2.87. The van der Waals surface area contributed by atoms with Gasteiger partial charge in [-0.2, -0.15) is 11.8 Å². The van der Waals surface area contributed by atoms with E-state index in [1.807, 2.05) is 30.0 Å². The summed E-state index contributed by atoms with van der Waals surface area (Å²) in [5, 5.41) is 9.07. The lowest BCUT2D eigenvalue weighted by Gasteiger charge is -2.23. The Hall–Kier alpha value is -0.870. The number of aliphatic hydroxyl groups is 1. The molecule has 3 nitrogen and oxygen atoms in total. The van der Waals surface area contributed by atoms with Crippen molar-refractivity contribution >= 4 is 11.8 Å². The maximum atomic E-state index is 9.07. The van der Waals surface area contributed by atoms with Gasteiger partial charge in [-0.25, -0.2) is 0 Å². The van der Waals surface area contributed by atoms with Crippen LogP contribution in [0, 0.1) is 0 Å². The van der Waals surface area contributed by atoms with Gasteiger partial charge in [0.2, 0.25) is 0 Å². The van der Waals surface area contributed by atoms with E-state index in [0.717, 1.165) is 24.2 Å². The second-order valence-electron chi connectivity index (χ2n) is 4.07. The summed E-state index contributed by atoms with van der Waals surface area (Å²) >= 11 is 1.98. The largest absolute Gasteiger partial charge is 0.493 e. The van der Waals surface area contributed by atoms with Crippen LogP contribution < -0.4 is 9.47 Å². The van der Waals surface area contributed by atoms with E-state index in [2.05, 4.69) is 0 Å². The number of rotatable bonds is 4. The minimum absolute atomic E-state index is 0.0245. The first kappa shape index (κ1) is 12.6. The highest BCUT2D eigenvalue weighted by molar-refractivity contribution is 7.99. The number of ether oxygens (including phenoxy) is 2. The molecule has 4 heteroatoms. The Labute approximate surface area is 106 Å². The molecule has 1 aliphatic heterocycles. The predicted molar refractivity (Wildman–Crippen MR) is 69.9 cm³/mol. The highest BCUT2D eigenvalue weighted by Crippen LogP contribution is 2.31. The van der Waals surface area contributed by atoms with Crippen molar-refractivity contribution in [1.29, 1.82) is 0 Å². The first-order valence-corrected chi connectivity index (χ1v) is 7.01. The molecule has 0 radical (unpaired) electrons. The molecule has 0 saturated carbocycles. The SMILES string of the molecule is COc1cc(CO)ccc1OC1CCSCC1. The molecule has 94 valence electrons. The lowest BCUT2D eigenvalue weighted by molar-refractivity contribution is 0.184. The zero-order valence-electron chi connectivity index (χ0n) is 10.0. The number of aliphatic hydroxyl groups excluding tert-OH is 1. The normalized spacial score (nSPS) is 16.8. The molecular weight excluding hydrogens is 236 g/mol. The molecule has 0 unspecified atom stereocenters. The summed E-state index contributed by atoms with van der Waals surface area (Å²) in [6, 6.07) is 5.58. The van der Waals surface area contributed by atoms with Gasteiger partial charge in [0.25, 0.3) is 0 Å². The van der Waals surface area contributed by atoms with Gasteiger partial charge in [0.05, 0.1) is 13.7 Å². The van der Waals surface area contributed by atoms with Crippen molar-refractivity contribution in [2.75, 3.05) is 18.6 Å². The van der Waals surface area contributed by atoms with Crippen molar-refractivity contribution in [2.24, 2.45) is 0 Å². The van der Waals surface area contributed by atoms with Gasteiger partial charge in [-0.15, -0.1) is 0 Å². The van der Waals surface area contributed by atoms with Crippen LogP contribution in [0.4, 0.5) is 0 Å². The van der Waals surface area contributed by atoms with E-state index in [1.165, 1.54) is 11.5 Å². The summed E-state index contributed by atoms with van der Waals surface area (Å²) in [6.45, 7) is 0.0245. The number of hydrogen-bond acceptors (Lipinski definition) is 4. The summed E-state index contributed by atoms with van der Waals surface area (Å²) < 4.78 is 11.2. The van der Waals surface area contributed by atoms with Crippen LogP contribution in [0.2, 0.25) is 0 Å². The Bertz CT molecular complexity index is 362. The second-order valence-corrected chi connectivity index (χ2v) is 5.30. The van der Waals surface area contributed by atoms with E-state index < -0.39 is 0 Å². The van der Waals surface area contributed by atoms with E-state index in [4.69, 9.17) is 14.6 Å². The standard InChI is InChI=1S/C13H18O3S/c1-15-13-8-10(9-14)2-3-12(13)16-11-4-6-17-7-5-11/h2-3,8,11,14H,4-7,9H2,1H3. The molecule has 1 heterocycles. The van der Waals surface area contributed by atoms with Crippen LogP contribution in [0.1, 0.15) is 18.4 Å². The number of hydrogen-bond donors (Lipinski definition) is 1. The van der Waals surface area contributed by atoms with Gasteiger partial charge in [-0.05, 0) is 42.0 Å². The quantitative estimate of drug-likeness (QED) is 0.896. The zero-order chi connectivity index (χ0) is 12.1. The van der Waals surface area contributed by atoms with Crippen LogP contribution in [0.15, 0.2) is 18.2 Å². The highest BCUT2D eigenvalue weighted by atomic mass is 32.2. The van der Waals surface area contributed by atoms with Crippen LogP contribution in [0.25, 0.3) is 0 Å². The van der Waals surface area contributed by atoms with Crippen molar-refractivity contribution in [3.05, 3.63) is 23.8 Å². The van der Waals surface area contributed by atoms with Gasteiger partial charge in [0.1, 0.15) is 6.10 Å². The molecule has 0 spiro atoms. The third kappa shape index (κ3) is 3.30. The van der Waals surface area contributed by atoms with Crippen molar-refractivity contribution in [3.63, 3.8) is 0 Å². The molecule has 2 rings (SSSR count). The summed E-state index contributed by atoms with van der Waals surface area (Å²) in [7, 11) is 1.63. The van der Waals surface area contributed by atoms with Gasteiger partial charge in [-0.3, -0.25) is 0 Å². The molecule has 0 aliphatic carbocycles. The monoisotopic (exact) mass is 254 g/mol. The van der Waals surface area contributed by atoms with Crippen LogP contribution in [-0.2, 0) is 6.61 Å². The van der Waals surface area contributed by atoms with Crippen molar-refractivity contribution < 1.29 is 14.6 Å². The molecule has 1 aromatic rings. The van der Waals surface area contributed by atoms with Crippen molar-refractivity contribution in [2.45, 2.75) is 25.6 Å². The first-order chi connectivity index (χ1) is 8.33. The van der Waals surface area contributed by atoms with Gasteiger partial charge in [0, 0.05) is 0 Å². The third-order valence-corrected chi connectivity index (χ3v) is 3.92. The molecule has 0 aromatic heterocycles. The van der Waals surface area contributed by atoms with Gasteiger partial charge in [0.15, 0.2) is 11.5 Å².